The van der Waals surface area contributed by atoms with Crippen LogP contribution in [-0.2, 0) is 4.74 Å². The maximum absolute atomic E-state index is 6.04. The first-order valence-corrected chi connectivity index (χ1v) is 5.98. The summed E-state index contributed by atoms with van der Waals surface area (Å²) in [6.45, 7) is 4.43. The highest BCUT2D eigenvalue weighted by atomic mass is 35.5. The Labute approximate surface area is 104 Å². The number of ether oxygens (including phenoxy) is 1. The van der Waals surface area contributed by atoms with Gasteiger partial charge in [0, 0.05) is 18.7 Å². The van der Waals surface area contributed by atoms with Crippen LogP contribution < -0.4 is 4.90 Å². The van der Waals surface area contributed by atoms with Crippen LogP contribution in [0, 0.1) is 0 Å². The van der Waals surface area contributed by atoms with E-state index in [1.54, 1.807) is 6.20 Å². The van der Waals surface area contributed by atoms with Crippen molar-refractivity contribution in [3.63, 3.8) is 0 Å². The Morgan fingerprint density at radius 3 is 3.24 bits per heavy atom. The second-order valence-electron chi connectivity index (χ2n) is 4.16. The van der Waals surface area contributed by atoms with Crippen LogP contribution >= 0.6 is 11.6 Å². The van der Waals surface area contributed by atoms with Crippen LogP contribution in [0.1, 0.15) is 6.92 Å². The van der Waals surface area contributed by atoms with Crippen molar-refractivity contribution in [3.8, 4) is 0 Å². The van der Waals surface area contributed by atoms with Crippen LogP contribution in [0.5, 0.6) is 0 Å². The van der Waals surface area contributed by atoms with Crippen molar-refractivity contribution in [1.82, 2.24) is 14.6 Å². The maximum Gasteiger partial charge on any atom is 0.159 e. The minimum Gasteiger partial charge on any atom is -0.377 e. The lowest BCUT2D eigenvalue weighted by Gasteiger charge is -2.35. The van der Waals surface area contributed by atoms with Gasteiger partial charge in [0.2, 0.25) is 0 Å². The molecule has 90 valence electrons. The molecule has 1 atom stereocenters. The molecule has 0 amide bonds. The molecule has 0 bridgehead atoms. The van der Waals surface area contributed by atoms with Crippen LogP contribution in [0.4, 0.5) is 5.82 Å². The molecule has 3 rings (SSSR count). The van der Waals surface area contributed by atoms with E-state index in [0.717, 1.165) is 31.2 Å². The van der Waals surface area contributed by atoms with Crippen molar-refractivity contribution < 1.29 is 4.74 Å². The Bertz CT molecular complexity index is 541. The second kappa shape index (κ2) is 4.16. The van der Waals surface area contributed by atoms with E-state index in [9.17, 15) is 0 Å². The molecular weight excluding hydrogens is 240 g/mol. The number of aromatic nitrogens is 3. The van der Waals surface area contributed by atoms with E-state index in [-0.39, 0.29) is 0 Å². The number of rotatable bonds is 1. The highest BCUT2D eigenvalue weighted by Gasteiger charge is 2.22. The lowest BCUT2D eigenvalue weighted by Crippen LogP contribution is -2.44. The molecule has 3 heterocycles. The smallest absolute Gasteiger partial charge is 0.159 e. The van der Waals surface area contributed by atoms with Crippen LogP contribution in [0.2, 0.25) is 5.15 Å². The van der Waals surface area contributed by atoms with Crippen molar-refractivity contribution in [2.24, 2.45) is 0 Å². The molecule has 0 radical (unpaired) electrons. The third-order valence-electron chi connectivity index (χ3n) is 2.97. The summed E-state index contributed by atoms with van der Waals surface area (Å²) in [5.41, 5.74) is 0.770. The standard InChI is InChI=1S/C11H13ClN4O/c1-8-7-17-5-4-15(8)11-6-9(12)14-10-2-3-13-16(10)11/h2-3,6,8H,4-5,7H2,1H3. The summed E-state index contributed by atoms with van der Waals surface area (Å²) in [6.07, 6.45) is 1.73. The number of anilines is 1. The highest BCUT2D eigenvalue weighted by Crippen LogP contribution is 2.23. The van der Waals surface area contributed by atoms with Gasteiger partial charge in [-0.1, -0.05) is 11.6 Å². The first kappa shape index (κ1) is 10.8. The Kier molecular flexibility index (Phi) is 2.64. The summed E-state index contributed by atoms with van der Waals surface area (Å²) in [5.74, 6) is 0.973. The summed E-state index contributed by atoms with van der Waals surface area (Å²) in [4.78, 5) is 6.47. The summed E-state index contributed by atoms with van der Waals surface area (Å²) in [6, 6.07) is 4.01. The molecule has 0 N–H and O–H groups in total. The Hall–Kier alpha value is -1.33. The molecule has 1 aliphatic rings. The molecule has 1 unspecified atom stereocenters. The quantitative estimate of drug-likeness (QED) is 0.724. The van der Waals surface area contributed by atoms with Gasteiger partial charge < -0.3 is 9.64 Å². The molecule has 6 heteroatoms. The zero-order valence-corrected chi connectivity index (χ0v) is 10.3. The number of fused-ring (bicyclic) bond motifs is 1. The number of hydrogen-bond donors (Lipinski definition) is 0. The van der Waals surface area contributed by atoms with Gasteiger partial charge in [0.25, 0.3) is 0 Å². The first-order chi connectivity index (χ1) is 8.25. The summed E-state index contributed by atoms with van der Waals surface area (Å²) >= 11 is 6.04. The van der Waals surface area contributed by atoms with Gasteiger partial charge >= 0.3 is 0 Å². The van der Waals surface area contributed by atoms with Gasteiger partial charge in [-0.15, -0.1) is 0 Å². The number of hydrogen-bond acceptors (Lipinski definition) is 4. The van der Waals surface area contributed by atoms with Crippen LogP contribution in [0.25, 0.3) is 5.65 Å². The van der Waals surface area contributed by atoms with Crippen molar-refractivity contribution in [2.75, 3.05) is 24.7 Å². The van der Waals surface area contributed by atoms with E-state index in [1.807, 2.05) is 16.6 Å². The minimum atomic E-state index is 0.314. The summed E-state index contributed by atoms with van der Waals surface area (Å²) < 4.78 is 7.25. The molecule has 0 spiro atoms. The minimum absolute atomic E-state index is 0.314. The van der Waals surface area contributed by atoms with Crippen molar-refractivity contribution in [1.29, 1.82) is 0 Å². The molecule has 1 fully saturated rings. The van der Waals surface area contributed by atoms with Gasteiger partial charge in [-0.3, -0.25) is 0 Å². The predicted molar refractivity (Wildman–Crippen MR) is 65.6 cm³/mol. The maximum atomic E-state index is 6.04. The van der Waals surface area contributed by atoms with Crippen LogP contribution in [0.3, 0.4) is 0 Å². The lowest BCUT2D eigenvalue weighted by atomic mass is 10.2. The van der Waals surface area contributed by atoms with Crippen molar-refractivity contribution >= 4 is 23.1 Å². The fraction of sp³-hybridized carbons (Fsp3) is 0.455. The Morgan fingerprint density at radius 2 is 2.41 bits per heavy atom. The van der Waals surface area contributed by atoms with E-state index >= 15 is 0 Å². The van der Waals surface area contributed by atoms with E-state index < -0.39 is 0 Å². The second-order valence-corrected chi connectivity index (χ2v) is 4.54. The third kappa shape index (κ3) is 1.85. The van der Waals surface area contributed by atoms with E-state index in [2.05, 4.69) is 21.9 Å². The monoisotopic (exact) mass is 252 g/mol. The van der Waals surface area contributed by atoms with E-state index in [4.69, 9.17) is 16.3 Å². The number of morpholine rings is 1. The lowest BCUT2D eigenvalue weighted by molar-refractivity contribution is 0.0983. The third-order valence-corrected chi connectivity index (χ3v) is 3.16. The average molecular weight is 253 g/mol. The molecule has 2 aromatic heterocycles. The Balaban J connectivity index is 2.11. The van der Waals surface area contributed by atoms with Gasteiger partial charge in [-0.25, -0.2) is 4.98 Å². The van der Waals surface area contributed by atoms with E-state index in [1.165, 1.54) is 0 Å². The average Bonchev–Trinajstić information content (AvgIpc) is 2.76. The SMILES string of the molecule is CC1COCCN1c1cc(Cl)nc2ccnn12. The molecule has 2 aromatic rings. The summed E-state index contributed by atoms with van der Waals surface area (Å²) in [7, 11) is 0. The molecule has 1 aliphatic heterocycles. The van der Waals surface area contributed by atoms with Gasteiger partial charge in [-0.2, -0.15) is 9.61 Å². The number of halogens is 1. The zero-order valence-electron chi connectivity index (χ0n) is 9.51. The fourth-order valence-electron chi connectivity index (χ4n) is 2.14. The molecule has 17 heavy (non-hydrogen) atoms. The molecular formula is C11H13ClN4O. The largest absolute Gasteiger partial charge is 0.377 e. The topological polar surface area (TPSA) is 42.7 Å². The van der Waals surface area contributed by atoms with E-state index in [0.29, 0.717) is 11.2 Å². The predicted octanol–water partition coefficient (Wildman–Crippen LogP) is 1.61. The zero-order chi connectivity index (χ0) is 11.8. The highest BCUT2D eigenvalue weighted by molar-refractivity contribution is 6.29. The molecule has 1 saturated heterocycles. The molecule has 0 aromatic carbocycles. The van der Waals surface area contributed by atoms with Gasteiger partial charge in [0.15, 0.2) is 5.65 Å². The summed E-state index contributed by atoms with van der Waals surface area (Å²) in [5, 5.41) is 4.77. The molecule has 0 aliphatic carbocycles. The van der Waals surface area contributed by atoms with Crippen molar-refractivity contribution in [2.45, 2.75) is 13.0 Å². The van der Waals surface area contributed by atoms with Gasteiger partial charge in [-0.05, 0) is 6.92 Å². The normalized spacial score (nSPS) is 21.1. The Morgan fingerprint density at radius 1 is 1.53 bits per heavy atom. The van der Waals surface area contributed by atoms with Gasteiger partial charge in [0.1, 0.15) is 11.0 Å². The first-order valence-electron chi connectivity index (χ1n) is 5.60. The van der Waals surface area contributed by atoms with Crippen LogP contribution in [-0.4, -0.2) is 40.4 Å². The molecule has 5 nitrogen and oxygen atoms in total. The van der Waals surface area contributed by atoms with Crippen LogP contribution in [0.15, 0.2) is 18.3 Å². The molecule has 0 saturated carbocycles. The number of nitrogens with zero attached hydrogens (tertiary/aromatic N) is 4. The van der Waals surface area contributed by atoms with Gasteiger partial charge in [0.05, 0.1) is 25.5 Å². The van der Waals surface area contributed by atoms with Crippen molar-refractivity contribution in [3.05, 3.63) is 23.5 Å². The fourth-order valence-corrected chi connectivity index (χ4v) is 2.32.